The number of rotatable bonds is 4. The van der Waals surface area contributed by atoms with Crippen molar-refractivity contribution in [2.75, 3.05) is 18.8 Å². The highest BCUT2D eigenvalue weighted by atomic mass is 35.5. The van der Waals surface area contributed by atoms with Gasteiger partial charge in [0.1, 0.15) is 0 Å². The van der Waals surface area contributed by atoms with E-state index in [1.807, 2.05) is 18.2 Å². The Morgan fingerprint density at radius 1 is 1.08 bits per heavy atom. The fourth-order valence-corrected chi connectivity index (χ4v) is 3.06. The van der Waals surface area contributed by atoms with Crippen molar-refractivity contribution in [1.29, 1.82) is 0 Å². The van der Waals surface area contributed by atoms with Crippen LogP contribution in [0.5, 0.6) is 0 Å². The Morgan fingerprint density at radius 3 is 2.40 bits per heavy atom. The third-order valence-corrected chi connectivity index (χ3v) is 4.44. The lowest BCUT2D eigenvalue weighted by molar-refractivity contribution is -0.140. The first kappa shape index (κ1) is 17.3. The Hall–Kier alpha value is -2.53. The van der Waals surface area contributed by atoms with Crippen LogP contribution >= 0.6 is 11.6 Å². The number of carbonyl (C=O) groups is 2. The fraction of sp³-hybridized carbons (Fsp3) is 0.263. The van der Waals surface area contributed by atoms with Crippen LogP contribution in [-0.2, 0) is 9.53 Å². The van der Waals surface area contributed by atoms with Crippen LogP contribution in [0.25, 0.3) is 0 Å². The summed E-state index contributed by atoms with van der Waals surface area (Å²) < 4.78 is 5.56. The van der Waals surface area contributed by atoms with Gasteiger partial charge >= 0.3 is 5.97 Å². The van der Waals surface area contributed by atoms with E-state index < -0.39 is 12.1 Å². The Labute approximate surface area is 151 Å². The van der Waals surface area contributed by atoms with Gasteiger partial charge in [-0.1, -0.05) is 41.9 Å². The molecule has 6 heteroatoms. The minimum atomic E-state index is -0.984. The zero-order valence-electron chi connectivity index (χ0n) is 13.7. The number of anilines is 1. The van der Waals surface area contributed by atoms with E-state index >= 15 is 0 Å². The van der Waals surface area contributed by atoms with Crippen LogP contribution in [0.1, 0.15) is 34.9 Å². The van der Waals surface area contributed by atoms with Gasteiger partial charge in [0.2, 0.25) is 6.10 Å². The highest BCUT2D eigenvalue weighted by molar-refractivity contribution is 6.31. The van der Waals surface area contributed by atoms with Crippen LogP contribution in [0.4, 0.5) is 5.69 Å². The minimum absolute atomic E-state index is 0.194. The lowest BCUT2D eigenvalue weighted by Gasteiger charge is -2.23. The molecule has 0 aromatic heterocycles. The number of nitrogen functional groups attached to an aromatic ring is 1. The van der Waals surface area contributed by atoms with Crippen molar-refractivity contribution in [3.05, 3.63) is 64.7 Å². The monoisotopic (exact) mass is 358 g/mol. The summed E-state index contributed by atoms with van der Waals surface area (Å²) >= 11 is 5.87. The number of esters is 1. The maximum absolute atomic E-state index is 12.8. The highest BCUT2D eigenvalue weighted by Gasteiger charge is 2.31. The van der Waals surface area contributed by atoms with Gasteiger partial charge in [0.15, 0.2) is 0 Å². The summed E-state index contributed by atoms with van der Waals surface area (Å²) in [5.74, 6) is -0.847. The van der Waals surface area contributed by atoms with Crippen LogP contribution < -0.4 is 5.73 Å². The van der Waals surface area contributed by atoms with Crippen molar-refractivity contribution >= 4 is 29.2 Å². The maximum Gasteiger partial charge on any atom is 0.341 e. The topological polar surface area (TPSA) is 72.6 Å². The normalized spacial score (nSPS) is 15.0. The second kappa shape index (κ2) is 7.57. The first-order valence-electron chi connectivity index (χ1n) is 8.16. The van der Waals surface area contributed by atoms with Crippen molar-refractivity contribution in [2.45, 2.75) is 18.9 Å². The molecule has 0 bridgehead atoms. The van der Waals surface area contributed by atoms with Gasteiger partial charge in [0, 0.05) is 29.4 Å². The van der Waals surface area contributed by atoms with Crippen LogP contribution in [0.2, 0.25) is 5.02 Å². The number of hydrogen-bond donors (Lipinski definition) is 1. The summed E-state index contributed by atoms with van der Waals surface area (Å²) in [7, 11) is 0. The summed E-state index contributed by atoms with van der Waals surface area (Å²) in [4.78, 5) is 27.1. The van der Waals surface area contributed by atoms with Gasteiger partial charge in [0.25, 0.3) is 5.91 Å². The van der Waals surface area contributed by atoms with Crippen molar-refractivity contribution in [2.24, 2.45) is 0 Å². The number of likely N-dealkylation sites (tertiary alicyclic amines) is 1. The van der Waals surface area contributed by atoms with E-state index in [-0.39, 0.29) is 17.2 Å². The molecule has 2 N–H and O–H groups in total. The van der Waals surface area contributed by atoms with Gasteiger partial charge < -0.3 is 15.4 Å². The SMILES string of the molecule is Nc1cc(Cl)ccc1C(=O)O[C@H](C(=O)N1CCCC1)c1ccccc1. The number of amides is 1. The maximum atomic E-state index is 12.8. The number of hydrogen-bond acceptors (Lipinski definition) is 4. The van der Waals surface area contributed by atoms with Crippen LogP contribution in [0, 0.1) is 0 Å². The molecule has 0 aliphatic carbocycles. The van der Waals surface area contributed by atoms with Crippen molar-refractivity contribution in [1.82, 2.24) is 4.90 Å². The molecular formula is C19H19ClN2O3. The molecule has 1 aliphatic rings. The molecule has 5 nitrogen and oxygen atoms in total. The predicted molar refractivity (Wildman–Crippen MR) is 96.3 cm³/mol. The second-order valence-electron chi connectivity index (χ2n) is 5.96. The molecule has 130 valence electrons. The molecule has 1 heterocycles. The summed E-state index contributed by atoms with van der Waals surface area (Å²) in [5.41, 5.74) is 6.91. The Kier molecular flexibility index (Phi) is 5.24. The third kappa shape index (κ3) is 3.94. The molecule has 0 radical (unpaired) electrons. The molecule has 3 rings (SSSR count). The van der Waals surface area contributed by atoms with E-state index in [1.54, 1.807) is 23.1 Å². The smallest absolute Gasteiger partial charge is 0.341 e. The largest absolute Gasteiger partial charge is 0.444 e. The average Bonchev–Trinajstić information content (AvgIpc) is 3.14. The number of ether oxygens (including phenoxy) is 1. The second-order valence-corrected chi connectivity index (χ2v) is 6.40. The number of benzene rings is 2. The Morgan fingerprint density at radius 2 is 1.76 bits per heavy atom. The summed E-state index contributed by atoms with van der Waals surface area (Å²) in [5, 5.41) is 0.432. The van der Waals surface area contributed by atoms with E-state index in [4.69, 9.17) is 22.1 Å². The average molecular weight is 359 g/mol. The standard InChI is InChI=1S/C19H19ClN2O3/c20-14-8-9-15(16(21)12-14)19(24)25-17(13-6-2-1-3-7-13)18(23)22-10-4-5-11-22/h1-3,6-9,12,17H,4-5,10-11,21H2/t17-/m0/s1. The molecule has 2 aromatic rings. The van der Waals surface area contributed by atoms with Crippen molar-refractivity contribution in [3.63, 3.8) is 0 Å². The number of halogens is 1. The molecule has 25 heavy (non-hydrogen) atoms. The van der Waals surface area contributed by atoms with E-state index in [9.17, 15) is 9.59 Å². The van der Waals surface area contributed by atoms with Crippen LogP contribution in [0.15, 0.2) is 48.5 Å². The van der Waals surface area contributed by atoms with Crippen molar-refractivity contribution < 1.29 is 14.3 Å². The van der Waals surface area contributed by atoms with Crippen LogP contribution in [-0.4, -0.2) is 29.9 Å². The number of carbonyl (C=O) groups excluding carboxylic acids is 2. The Balaban J connectivity index is 1.86. The van der Waals surface area contributed by atoms with Gasteiger partial charge in [-0.2, -0.15) is 0 Å². The third-order valence-electron chi connectivity index (χ3n) is 4.20. The zero-order valence-corrected chi connectivity index (χ0v) is 14.4. The van der Waals surface area contributed by atoms with Gasteiger partial charge in [-0.05, 0) is 31.0 Å². The summed E-state index contributed by atoms with van der Waals surface area (Å²) in [6.45, 7) is 1.37. The molecule has 1 amide bonds. The van der Waals surface area contributed by atoms with Gasteiger partial charge in [-0.3, -0.25) is 4.79 Å². The summed E-state index contributed by atoms with van der Waals surface area (Å²) in [6, 6.07) is 13.6. The van der Waals surface area contributed by atoms with Gasteiger partial charge in [-0.15, -0.1) is 0 Å². The van der Waals surface area contributed by atoms with E-state index in [1.165, 1.54) is 12.1 Å². The molecular weight excluding hydrogens is 340 g/mol. The number of nitrogens with zero attached hydrogens (tertiary/aromatic N) is 1. The molecule has 1 aliphatic heterocycles. The quantitative estimate of drug-likeness (QED) is 0.671. The van der Waals surface area contributed by atoms with E-state index in [0.717, 1.165) is 12.8 Å². The molecule has 1 fully saturated rings. The molecule has 0 unspecified atom stereocenters. The molecule has 2 aromatic carbocycles. The lowest BCUT2D eigenvalue weighted by Crippen LogP contribution is -2.35. The van der Waals surface area contributed by atoms with Gasteiger partial charge in [-0.25, -0.2) is 4.79 Å². The first-order chi connectivity index (χ1) is 12.1. The molecule has 0 saturated carbocycles. The highest BCUT2D eigenvalue weighted by Crippen LogP contribution is 2.26. The zero-order chi connectivity index (χ0) is 17.8. The molecule has 1 saturated heterocycles. The van der Waals surface area contributed by atoms with Crippen molar-refractivity contribution in [3.8, 4) is 0 Å². The fourth-order valence-electron chi connectivity index (χ4n) is 2.88. The molecule has 0 spiro atoms. The minimum Gasteiger partial charge on any atom is -0.444 e. The Bertz CT molecular complexity index is 773. The lowest BCUT2D eigenvalue weighted by atomic mass is 10.1. The number of nitrogens with two attached hydrogens (primary N) is 1. The summed E-state index contributed by atoms with van der Waals surface area (Å²) in [6.07, 6.45) is 0.943. The van der Waals surface area contributed by atoms with E-state index in [2.05, 4.69) is 0 Å². The van der Waals surface area contributed by atoms with Crippen LogP contribution in [0.3, 0.4) is 0 Å². The van der Waals surface area contributed by atoms with Gasteiger partial charge in [0.05, 0.1) is 5.56 Å². The predicted octanol–water partition coefficient (Wildman–Crippen LogP) is 3.44. The first-order valence-corrected chi connectivity index (χ1v) is 8.54. The molecule has 1 atom stereocenters. The van der Waals surface area contributed by atoms with E-state index in [0.29, 0.717) is 23.7 Å².